The minimum atomic E-state index is -0.116. The van der Waals surface area contributed by atoms with Gasteiger partial charge in [0, 0.05) is 35.6 Å². The highest BCUT2D eigenvalue weighted by molar-refractivity contribution is 5.94. The van der Waals surface area contributed by atoms with E-state index in [4.69, 9.17) is 5.73 Å². The highest BCUT2D eigenvalue weighted by Gasteiger charge is 2.25. The van der Waals surface area contributed by atoms with E-state index in [1.54, 1.807) is 42.6 Å². The number of benzene rings is 1. The first-order valence-corrected chi connectivity index (χ1v) is 7.50. The van der Waals surface area contributed by atoms with Crippen LogP contribution in [0.4, 0.5) is 0 Å². The van der Waals surface area contributed by atoms with E-state index in [1.165, 1.54) is 10.6 Å². The van der Waals surface area contributed by atoms with Crippen molar-refractivity contribution < 1.29 is 4.79 Å². The van der Waals surface area contributed by atoms with Crippen LogP contribution in [0.2, 0.25) is 0 Å². The third kappa shape index (κ3) is 2.94. The quantitative estimate of drug-likeness (QED) is 0.900. The molecule has 1 heterocycles. The van der Waals surface area contributed by atoms with Crippen LogP contribution in [0.15, 0.2) is 53.5 Å². The summed E-state index contributed by atoms with van der Waals surface area (Å²) in [6, 6.07) is 12.1. The molecule has 0 spiro atoms. The van der Waals surface area contributed by atoms with Crippen molar-refractivity contribution in [3.63, 3.8) is 0 Å². The van der Waals surface area contributed by atoms with Gasteiger partial charge in [-0.25, -0.2) is 0 Å². The number of carbonyl (C=O) groups is 1. The predicted octanol–water partition coefficient (Wildman–Crippen LogP) is 1.45. The van der Waals surface area contributed by atoms with E-state index in [1.807, 2.05) is 0 Å². The Labute approximate surface area is 128 Å². The molecule has 0 radical (unpaired) electrons. The maximum atomic E-state index is 12.2. The fourth-order valence-electron chi connectivity index (χ4n) is 2.83. The van der Waals surface area contributed by atoms with Crippen molar-refractivity contribution in [2.24, 2.45) is 5.73 Å². The number of nitrogens with zero attached hydrogens (tertiary/aromatic N) is 1. The number of hydrogen-bond acceptors (Lipinski definition) is 3. The van der Waals surface area contributed by atoms with Gasteiger partial charge in [0.2, 0.25) is 0 Å². The molecule has 2 unspecified atom stereocenters. The lowest BCUT2D eigenvalue weighted by molar-refractivity contribution is 0.0934. The van der Waals surface area contributed by atoms with Gasteiger partial charge in [-0.3, -0.25) is 14.2 Å². The summed E-state index contributed by atoms with van der Waals surface area (Å²) >= 11 is 0. The first kappa shape index (κ1) is 14.5. The van der Waals surface area contributed by atoms with Crippen molar-refractivity contribution in [3.8, 4) is 5.69 Å². The molecule has 3 rings (SSSR count). The standard InChI is InChI=1S/C17H19N3O2/c18-14-4-3-5-15(14)19-17(22)12-7-9-13(10-8-12)20-11-2-1-6-16(20)21/h1-2,6-11,14-15H,3-5,18H2,(H,19,22). The molecule has 3 N–H and O–H groups in total. The molecule has 5 heteroatoms. The lowest BCUT2D eigenvalue weighted by atomic mass is 10.1. The Bertz CT molecular complexity index is 721. The zero-order valence-electron chi connectivity index (χ0n) is 12.2. The molecule has 0 aliphatic heterocycles. The summed E-state index contributed by atoms with van der Waals surface area (Å²) in [6.45, 7) is 0. The normalized spacial score (nSPS) is 20.8. The van der Waals surface area contributed by atoms with Crippen molar-refractivity contribution >= 4 is 5.91 Å². The molecule has 1 amide bonds. The number of nitrogens with one attached hydrogen (secondary N) is 1. The summed E-state index contributed by atoms with van der Waals surface area (Å²) in [5.41, 5.74) is 7.18. The topological polar surface area (TPSA) is 77.1 Å². The van der Waals surface area contributed by atoms with Crippen LogP contribution >= 0.6 is 0 Å². The van der Waals surface area contributed by atoms with Crippen LogP contribution in [0.1, 0.15) is 29.6 Å². The molecule has 1 saturated carbocycles. The molecular formula is C17H19N3O2. The van der Waals surface area contributed by atoms with Crippen molar-refractivity contribution in [3.05, 3.63) is 64.6 Å². The van der Waals surface area contributed by atoms with Gasteiger partial charge in [0.15, 0.2) is 0 Å². The Kier molecular flexibility index (Phi) is 4.06. The first-order chi connectivity index (χ1) is 10.6. The number of hydrogen-bond donors (Lipinski definition) is 2. The third-order valence-electron chi connectivity index (χ3n) is 4.12. The fourth-order valence-corrected chi connectivity index (χ4v) is 2.83. The molecule has 0 bridgehead atoms. The number of rotatable bonds is 3. The van der Waals surface area contributed by atoms with E-state index in [-0.39, 0.29) is 23.6 Å². The van der Waals surface area contributed by atoms with Gasteiger partial charge in [-0.05, 0) is 49.6 Å². The maximum absolute atomic E-state index is 12.2. The molecule has 114 valence electrons. The fraction of sp³-hybridized carbons (Fsp3) is 0.294. The third-order valence-corrected chi connectivity index (χ3v) is 4.12. The van der Waals surface area contributed by atoms with Gasteiger partial charge in [0.25, 0.3) is 11.5 Å². The van der Waals surface area contributed by atoms with Gasteiger partial charge < -0.3 is 11.1 Å². The summed E-state index contributed by atoms with van der Waals surface area (Å²) < 4.78 is 1.54. The van der Waals surface area contributed by atoms with Crippen molar-refractivity contribution in [1.29, 1.82) is 0 Å². The van der Waals surface area contributed by atoms with E-state index in [0.29, 0.717) is 5.56 Å². The zero-order chi connectivity index (χ0) is 15.5. The second kappa shape index (κ2) is 6.15. The molecule has 1 aromatic carbocycles. The van der Waals surface area contributed by atoms with Crippen molar-refractivity contribution in [1.82, 2.24) is 9.88 Å². The molecule has 1 aliphatic rings. The molecule has 2 aromatic rings. The molecule has 22 heavy (non-hydrogen) atoms. The highest BCUT2D eigenvalue weighted by atomic mass is 16.1. The first-order valence-electron chi connectivity index (χ1n) is 7.50. The molecule has 0 saturated heterocycles. The summed E-state index contributed by atoms with van der Waals surface area (Å²) in [6.07, 6.45) is 4.65. The average molecular weight is 297 g/mol. The van der Waals surface area contributed by atoms with Crippen LogP contribution in [-0.4, -0.2) is 22.6 Å². The van der Waals surface area contributed by atoms with Crippen molar-refractivity contribution in [2.45, 2.75) is 31.3 Å². The molecule has 2 atom stereocenters. The number of amides is 1. The lowest BCUT2D eigenvalue weighted by Gasteiger charge is -2.17. The van der Waals surface area contributed by atoms with Gasteiger partial charge in [-0.2, -0.15) is 0 Å². The Hall–Kier alpha value is -2.40. The van der Waals surface area contributed by atoms with E-state index in [9.17, 15) is 9.59 Å². The molecule has 5 nitrogen and oxygen atoms in total. The Morgan fingerprint density at radius 1 is 1.14 bits per heavy atom. The molecule has 1 aliphatic carbocycles. The minimum Gasteiger partial charge on any atom is -0.348 e. The van der Waals surface area contributed by atoms with Gasteiger partial charge in [-0.15, -0.1) is 0 Å². The SMILES string of the molecule is NC1CCCC1NC(=O)c1ccc(-n2ccccc2=O)cc1. The monoisotopic (exact) mass is 297 g/mol. The second-order valence-corrected chi connectivity index (χ2v) is 5.63. The van der Waals surface area contributed by atoms with Gasteiger partial charge in [0.05, 0.1) is 0 Å². The molecular weight excluding hydrogens is 278 g/mol. The Morgan fingerprint density at radius 3 is 2.55 bits per heavy atom. The van der Waals surface area contributed by atoms with Crippen LogP contribution in [0.5, 0.6) is 0 Å². The maximum Gasteiger partial charge on any atom is 0.255 e. The van der Waals surface area contributed by atoms with Crippen molar-refractivity contribution in [2.75, 3.05) is 0 Å². The van der Waals surface area contributed by atoms with Crippen LogP contribution < -0.4 is 16.6 Å². The smallest absolute Gasteiger partial charge is 0.255 e. The largest absolute Gasteiger partial charge is 0.348 e. The number of aromatic nitrogens is 1. The second-order valence-electron chi connectivity index (χ2n) is 5.63. The summed E-state index contributed by atoms with van der Waals surface area (Å²) in [4.78, 5) is 24.0. The predicted molar refractivity (Wildman–Crippen MR) is 85.1 cm³/mol. The van der Waals surface area contributed by atoms with Crippen LogP contribution in [-0.2, 0) is 0 Å². The zero-order valence-corrected chi connectivity index (χ0v) is 12.2. The van der Waals surface area contributed by atoms with E-state index in [0.717, 1.165) is 24.9 Å². The number of carbonyl (C=O) groups excluding carboxylic acids is 1. The van der Waals surface area contributed by atoms with E-state index >= 15 is 0 Å². The van der Waals surface area contributed by atoms with Gasteiger partial charge in [0.1, 0.15) is 0 Å². The molecule has 1 aromatic heterocycles. The van der Waals surface area contributed by atoms with Crippen LogP contribution in [0, 0.1) is 0 Å². The summed E-state index contributed by atoms with van der Waals surface area (Å²) in [5, 5.41) is 2.98. The number of pyridine rings is 1. The van der Waals surface area contributed by atoms with Crippen LogP contribution in [0.25, 0.3) is 5.69 Å². The molecule has 1 fully saturated rings. The van der Waals surface area contributed by atoms with Gasteiger partial charge >= 0.3 is 0 Å². The average Bonchev–Trinajstić information content (AvgIpc) is 2.93. The Morgan fingerprint density at radius 2 is 1.91 bits per heavy atom. The van der Waals surface area contributed by atoms with E-state index < -0.39 is 0 Å². The minimum absolute atomic E-state index is 0.0473. The summed E-state index contributed by atoms with van der Waals surface area (Å²) in [7, 11) is 0. The summed E-state index contributed by atoms with van der Waals surface area (Å²) in [5.74, 6) is -0.116. The van der Waals surface area contributed by atoms with Gasteiger partial charge in [-0.1, -0.05) is 6.07 Å². The highest BCUT2D eigenvalue weighted by Crippen LogP contribution is 2.17. The lowest BCUT2D eigenvalue weighted by Crippen LogP contribution is -2.43. The van der Waals surface area contributed by atoms with E-state index in [2.05, 4.69) is 5.32 Å². The van der Waals surface area contributed by atoms with Crippen LogP contribution in [0.3, 0.4) is 0 Å². The number of nitrogens with two attached hydrogens (primary N) is 1. The Balaban J connectivity index is 1.75.